The molecule has 1 heterocycles. The highest BCUT2D eigenvalue weighted by Crippen LogP contribution is 2.18. The standard InChI is InChI=1S/C20H33N3O2.HI/c1-4-25-19-7-5-6-18(16-19)8-12-22-20(21-2)23(3)13-9-17-10-14-24-15-11-17;/h5-7,16-17H,4,8-15H2,1-3H3,(H,21,22);1H. The molecule has 1 aliphatic heterocycles. The Balaban J connectivity index is 0.00000338. The van der Waals surface area contributed by atoms with Gasteiger partial charge >= 0.3 is 0 Å². The molecule has 1 aromatic rings. The van der Waals surface area contributed by atoms with Crippen LogP contribution in [0.5, 0.6) is 5.75 Å². The molecule has 0 bridgehead atoms. The van der Waals surface area contributed by atoms with Crippen LogP contribution in [0.2, 0.25) is 0 Å². The highest BCUT2D eigenvalue weighted by molar-refractivity contribution is 14.0. The summed E-state index contributed by atoms with van der Waals surface area (Å²) >= 11 is 0. The van der Waals surface area contributed by atoms with Gasteiger partial charge in [-0.05, 0) is 56.2 Å². The Labute approximate surface area is 175 Å². The van der Waals surface area contributed by atoms with Crippen molar-refractivity contribution < 1.29 is 9.47 Å². The fraction of sp³-hybridized carbons (Fsp3) is 0.650. The van der Waals surface area contributed by atoms with Crippen LogP contribution in [-0.2, 0) is 11.2 Å². The van der Waals surface area contributed by atoms with E-state index < -0.39 is 0 Å². The van der Waals surface area contributed by atoms with Crippen LogP contribution in [0.1, 0.15) is 31.7 Å². The van der Waals surface area contributed by atoms with E-state index in [-0.39, 0.29) is 24.0 Å². The van der Waals surface area contributed by atoms with Crippen molar-refractivity contribution in [3.63, 3.8) is 0 Å². The molecule has 148 valence electrons. The lowest BCUT2D eigenvalue weighted by Crippen LogP contribution is -2.40. The average molecular weight is 475 g/mol. The Morgan fingerprint density at radius 3 is 2.81 bits per heavy atom. The van der Waals surface area contributed by atoms with Gasteiger partial charge in [0.15, 0.2) is 5.96 Å². The molecule has 0 atom stereocenters. The van der Waals surface area contributed by atoms with Gasteiger partial charge in [-0.3, -0.25) is 4.99 Å². The number of rotatable bonds is 8. The lowest BCUT2D eigenvalue weighted by atomic mass is 9.96. The van der Waals surface area contributed by atoms with Crippen molar-refractivity contribution in [2.75, 3.05) is 47.0 Å². The van der Waals surface area contributed by atoms with Crippen LogP contribution < -0.4 is 10.1 Å². The first kappa shape index (κ1) is 23.0. The molecule has 1 saturated heterocycles. The second-order valence-electron chi connectivity index (χ2n) is 6.57. The van der Waals surface area contributed by atoms with Crippen LogP contribution in [0, 0.1) is 5.92 Å². The third-order valence-corrected chi connectivity index (χ3v) is 4.69. The smallest absolute Gasteiger partial charge is 0.193 e. The first-order chi connectivity index (χ1) is 12.2. The molecule has 0 saturated carbocycles. The molecule has 26 heavy (non-hydrogen) atoms. The summed E-state index contributed by atoms with van der Waals surface area (Å²) in [7, 11) is 3.97. The van der Waals surface area contributed by atoms with E-state index in [1.165, 1.54) is 24.8 Å². The first-order valence-electron chi connectivity index (χ1n) is 9.44. The highest BCUT2D eigenvalue weighted by Gasteiger charge is 2.15. The summed E-state index contributed by atoms with van der Waals surface area (Å²) in [5.74, 6) is 2.70. The predicted octanol–water partition coefficient (Wildman–Crippen LogP) is 3.57. The zero-order chi connectivity index (χ0) is 17.9. The summed E-state index contributed by atoms with van der Waals surface area (Å²) < 4.78 is 11.0. The van der Waals surface area contributed by atoms with E-state index in [4.69, 9.17) is 9.47 Å². The van der Waals surface area contributed by atoms with E-state index in [0.717, 1.165) is 50.4 Å². The Morgan fingerprint density at radius 2 is 2.12 bits per heavy atom. The van der Waals surface area contributed by atoms with E-state index >= 15 is 0 Å². The zero-order valence-corrected chi connectivity index (χ0v) is 18.7. The highest BCUT2D eigenvalue weighted by atomic mass is 127. The predicted molar refractivity (Wildman–Crippen MR) is 119 cm³/mol. The number of guanidine groups is 1. The van der Waals surface area contributed by atoms with Gasteiger partial charge in [0.1, 0.15) is 5.75 Å². The summed E-state index contributed by atoms with van der Waals surface area (Å²) in [6.07, 6.45) is 4.54. The molecule has 1 N–H and O–H groups in total. The van der Waals surface area contributed by atoms with E-state index in [2.05, 4.69) is 40.5 Å². The van der Waals surface area contributed by atoms with Gasteiger partial charge in [0.25, 0.3) is 0 Å². The van der Waals surface area contributed by atoms with E-state index in [9.17, 15) is 0 Å². The van der Waals surface area contributed by atoms with Gasteiger partial charge in [0.2, 0.25) is 0 Å². The van der Waals surface area contributed by atoms with Crippen LogP contribution in [0.3, 0.4) is 0 Å². The van der Waals surface area contributed by atoms with Gasteiger partial charge in [-0.15, -0.1) is 24.0 Å². The van der Waals surface area contributed by atoms with Crippen LogP contribution >= 0.6 is 24.0 Å². The van der Waals surface area contributed by atoms with Crippen molar-refractivity contribution in [2.45, 2.75) is 32.6 Å². The average Bonchev–Trinajstić information content (AvgIpc) is 2.65. The molecule has 6 heteroatoms. The topological polar surface area (TPSA) is 46.1 Å². The summed E-state index contributed by atoms with van der Waals surface area (Å²) in [5.41, 5.74) is 1.28. The molecule has 0 radical (unpaired) electrons. The molecule has 5 nitrogen and oxygen atoms in total. The van der Waals surface area contributed by atoms with Crippen molar-refractivity contribution in [2.24, 2.45) is 10.9 Å². The van der Waals surface area contributed by atoms with Gasteiger partial charge in [0.05, 0.1) is 6.61 Å². The summed E-state index contributed by atoms with van der Waals surface area (Å²) in [6.45, 7) is 6.44. The van der Waals surface area contributed by atoms with Crippen LogP contribution in [0.4, 0.5) is 0 Å². The SMILES string of the molecule is CCOc1cccc(CCNC(=NC)N(C)CCC2CCOCC2)c1.I. The largest absolute Gasteiger partial charge is 0.494 e. The second kappa shape index (κ2) is 13.2. The van der Waals surface area contributed by atoms with Crippen molar-refractivity contribution in [1.29, 1.82) is 0 Å². The van der Waals surface area contributed by atoms with Crippen molar-refractivity contribution in [3.05, 3.63) is 29.8 Å². The van der Waals surface area contributed by atoms with Gasteiger partial charge in [0, 0.05) is 40.4 Å². The van der Waals surface area contributed by atoms with Crippen LogP contribution in [0.15, 0.2) is 29.3 Å². The van der Waals surface area contributed by atoms with Gasteiger partial charge < -0.3 is 19.7 Å². The Morgan fingerprint density at radius 1 is 1.35 bits per heavy atom. The lowest BCUT2D eigenvalue weighted by Gasteiger charge is -2.26. The van der Waals surface area contributed by atoms with E-state index in [1.807, 2.05) is 20.0 Å². The minimum Gasteiger partial charge on any atom is -0.494 e. The molecule has 0 spiro atoms. The molecule has 1 aliphatic rings. The van der Waals surface area contributed by atoms with E-state index in [1.54, 1.807) is 0 Å². The molecule has 2 rings (SSSR count). The third-order valence-electron chi connectivity index (χ3n) is 4.69. The number of nitrogens with zero attached hydrogens (tertiary/aromatic N) is 2. The number of hydrogen-bond acceptors (Lipinski definition) is 3. The number of hydrogen-bond donors (Lipinski definition) is 1. The minimum absolute atomic E-state index is 0. The Hall–Kier alpha value is -1.02. The maximum atomic E-state index is 5.56. The molecular formula is C20H34IN3O2. The number of nitrogens with one attached hydrogen (secondary N) is 1. The van der Waals surface area contributed by atoms with Crippen molar-refractivity contribution >= 4 is 29.9 Å². The molecular weight excluding hydrogens is 441 g/mol. The minimum atomic E-state index is 0. The number of aliphatic imine (C=N–C) groups is 1. The zero-order valence-electron chi connectivity index (χ0n) is 16.4. The van der Waals surface area contributed by atoms with E-state index in [0.29, 0.717) is 6.61 Å². The lowest BCUT2D eigenvalue weighted by molar-refractivity contribution is 0.0625. The monoisotopic (exact) mass is 475 g/mol. The van der Waals surface area contributed by atoms with Gasteiger partial charge in [-0.1, -0.05) is 12.1 Å². The molecule has 0 aromatic heterocycles. The number of halogens is 1. The maximum Gasteiger partial charge on any atom is 0.193 e. The van der Waals surface area contributed by atoms with Gasteiger partial charge in [-0.25, -0.2) is 0 Å². The summed E-state index contributed by atoms with van der Waals surface area (Å²) in [4.78, 5) is 6.64. The fourth-order valence-corrected chi connectivity index (χ4v) is 3.18. The summed E-state index contributed by atoms with van der Waals surface area (Å²) in [6, 6.07) is 8.31. The molecule has 0 amide bonds. The third kappa shape index (κ3) is 8.12. The van der Waals surface area contributed by atoms with Crippen molar-refractivity contribution in [3.8, 4) is 5.75 Å². The second-order valence-corrected chi connectivity index (χ2v) is 6.57. The number of ether oxygens (including phenoxy) is 2. The number of benzene rings is 1. The quantitative estimate of drug-likeness (QED) is 0.355. The first-order valence-corrected chi connectivity index (χ1v) is 9.44. The molecule has 0 aliphatic carbocycles. The normalized spacial score (nSPS) is 15.3. The van der Waals surface area contributed by atoms with Crippen LogP contribution in [-0.4, -0.2) is 57.9 Å². The fourth-order valence-electron chi connectivity index (χ4n) is 3.18. The van der Waals surface area contributed by atoms with Gasteiger partial charge in [-0.2, -0.15) is 0 Å². The molecule has 1 aromatic carbocycles. The maximum absolute atomic E-state index is 5.56. The Bertz CT molecular complexity index is 534. The molecule has 0 unspecified atom stereocenters. The Kier molecular flexibility index (Phi) is 11.7. The molecule has 1 fully saturated rings. The van der Waals surface area contributed by atoms with Crippen molar-refractivity contribution in [1.82, 2.24) is 10.2 Å². The van der Waals surface area contributed by atoms with Crippen LogP contribution in [0.25, 0.3) is 0 Å². The summed E-state index contributed by atoms with van der Waals surface area (Å²) in [5, 5.41) is 3.47.